The summed E-state index contributed by atoms with van der Waals surface area (Å²) >= 11 is 0. The summed E-state index contributed by atoms with van der Waals surface area (Å²) in [4.78, 5) is 12.5. The van der Waals surface area contributed by atoms with Crippen LogP contribution in [0, 0.1) is 0 Å². The lowest BCUT2D eigenvalue weighted by Gasteiger charge is -2.24. The van der Waals surface area contributed by atoms with Crippen LogP contribution in [0.3, 0.4) is 0 Å². The molecular formula is C23H24N2O. The van der Waals surface area contributed by atoms with E-state index in [9.17, 15) is 4.79 Å². The molecule has 0 aliphatic carbocycles. The van der Waals surface area contributed by atoms with Crippen LogP contribution in [0.1, 0.15) is 29.7 Å². The summed E-state index contributed by atoms with van der Waals surface area (Å²) in [6, 6.07) is 30.0. The molecule has 0 fully saturated rings. The van der Waals surface area contributed by atoms with Gasteiger partial charge in [0.05, 0.1) is 12.1 Å². The van der Waals surface area contributed by atoms with E-state index >= 15 is 0 Å². The zero-order chi connectivity index (χ0) is 18.2. The summed E-state index contributed by atoms with van der Waals surface area (Å²) in [5, 5.41) is 6.48. The van der Waals surface area contributed by atoms with E-state index in [1.165, 1.54) is 0 Å². The maximum Gasteiger partial charge on any atom is 0.237 e. The lowest BCUT2D eigenvalue weighted by Crippen LogP contribution is -2.43. The van der Waals surface area contributed by atoms with E-state index in [-0.39, 0.29) is 18.0 Å². The van der Waals surface area contributed by atoms with E-state index < -0.39 is 0 Å². The molecule has 0 saturated carbocycles. The van der Waals surface area contributed by atoms with Crippen molar-refractivity contribution >= 4 is 5.91 Å². The summed E-state index contributed by atoms with van der Waals surface area (Å²) in [5.74, 6) is -0.00860. The molecule has 2 N–H and O–H groups in total. The molecule has 1 atom stereocenters. The average Bonchev–Trinajstić information content (AvgIpc) is 2.72. The standard InChI is InChI=1S/C23H24N2O/c1-18(23(26)24-17-19-11-5-2-6-12-19)25-22(20-13-7-3-8-14-20)21-15-9-4-10-16-21/h2-16,18,22,25H,17H2,1H3,(H,24,26)/t18-/m1/s1. The third-order valence-corrected chi connectivity index (χ3v) is 4.39. The molecule has 3 heteroatoms. The zero-order valence-corrected chi connectivity index (χ0v) is 14.9. The summed E-state index contributed by atoms with van der Waals surface area (Å²) < 4.78 is 0. The first-order valence-corrected chi connectivity index (χ1v) is 8.91. The highest BCUT2D eigenvalue weighted by Gasteiger charge is 2.20. The van der Waals surface area contributed by atoms with Crippen molar-refractivity contribution in [1.82, 2.24) is 10.6 Å². The number of hydrogen-bond donors (Lipinski definition) is 2. The van der Waals surface area contributed by atoms with Crippen molar-refractivity contribution in [2.24, 2.45) is 0 Å². The van der Waals surface area contributed by atoms with Crippen LogP contribution >= 0.6 is 0 Å². The molecule has 0 bridgehead atoms. The van der Waals surface area contributed by atoms with Gasteiger partial charge in [-0.3, -0.25) is 10.1 Å². The molecule has 0 radical (unpaired) electrons. The van der Waals surface area contributed by atoms with Crippen molar-refractivity contribution in [3.05, 3.63) is 108 Å². The molecule has 3 rings (SSSR count). The first-order valence-electron chi connectivity index (χ1n) is 8.91. The van der Waals surface area contributed by atoms with Crippen LogP contribution < -0.4 is 10.6 Å². The van der Waals surface area contributed by atoms with Crippen molar-refractivity contribution in [2.45, 2.75) is 25.6 Å². The molecule has 132 valence electrons. The Morgan fingerprint density at radius 2 is 1.23 bits per heavy atom. The van der Waals surface area contributed by atoms with Gasteiger partial charge in [-0.2, -0.15) is 0 Å². The van der Waals surface area contributed by atoms with Crippen LogP contribution in [-0.2, 0) is 11.3 Å². The first-order chi connectivity index (χ1) is 12.7. The SMILES string of the molecule is C[C@@H](NC(c1ccccc1)c1ccccc1)C(=O)NCc1ccccc1. The largest absolute Gasteiger partial charge is 0.351 e. The molecule has 0 aliphatic heterocycles. The van der Waals surface area contributed by atoms with Gasteiger partial charge in [-0.15, -0.1) is 0 Å². The van der Waals surface area contributed by atoms with Crippen LogP contribution in [0.25, 0.3) is 0 Å². The van der Waals surface area contributed by atoms with Gasteiger partial charge in [0.1, 0.15) is 0 Å². The van der Waals surface area contributed by atoms with E-state index in [4.69, 9.17) is 0 Å². The minimum absolute atomic E-state index is 0.00860. The molecule has 0 heterocycles. The second-order valence-electron chi connectivity index (χ2n) is 6.35. The van der Waals surface area contributed by atoms with Gasteiger partial charge in [0.2, 0.25) is 5.91 Å². The molecule has 3 aromatic rings. The Morgan fingerprint density at radius 3 is 1.73 bits per heavy atom. The number of benzene rings is 3. The Morgan fingerprint density at radius 1 is 0.769 bits per heavy atom. The molecule has 0 aromatic heterocycles. The Hall–Kier alpha value is -2.91. The summed E-state index contributed by atoms with van der Waals surface area (Å²) in [7, 11) is 0. The molecule has 3 nitrogen and oxygen atoms in total. The molecule has 0 unspecified atom stereocenters. The highest BCUT2D eigenvalue weighted by Crippen LogP contribution is 2.22. The van der Waals surface area contributed by atoms with Crippen LogP contribution in [0.4, 0.5) is 0 Å². The van der Waals surface area contributed by atoms with Gasteiger partial charge in [-0.25, -0.2) is 0 Å². The molecule has 1 amide bonds. The highest BCUT2D eigenvalue weighted by molar-refractivity contribution is 5.81. The lowest BCUT2D eigenvalue weighted by atomic mass is 9.98. The summed E-state index contributed by atoms with van der Waals surface area (Å²) in [6.45, 7) is 2.44. The molecule has 0 saturated heterocycles. The number of rotatable bonds is 7. The Bertz CT molecular complexity index is 764. The topological polar surface area (TPSA) is 41.1 Å². The van der Waals surface area contributed by atoms with Crippen molar-refractivity contribution in [3.8, 4) is 0 Å². The molecule has 0 aliphatic rings. The molecule has 26 heavy (non-hydrogen) atoms. The van der Waals surface area contributed by atoms with Gasteiger partial charge in [-0.1, -0.05) is 91.0 Å². The minimum Gasteiger partial charge on any atom is -0.351 e. The van der Waals surface area contributed by atoms with Crippen molar-refractivity contribution in [3.63, 3.8) is 0 Å². The second kappa shape index (κ2) is 8.97. The number of amides is 1. The van der Waals surface area contributed by atoms with Crippen molar-refractivity contribution in [1.29, 1.82) is 0 Å². The van der Waals surface area contributed by atoms with Crippen molar-refractivity contribution in [2.75, 3.05) is 0 Å². The van der Waals surface area contributed by atoms with Crippen LogP contribution in [-0.4, -0.2) is 11.9 Å². The Kier molecular flexibility index (Phi) is 6.18. The van der Waals surface area contributed by atoms with E-state index in [1.54, 1.807) is 0 Å². The number of carbonyl (C=O) groups is 1. The van der Waals surface area contributed by atoms with E-state index in [1.807, 2.05) is 73.7 Å². The van der Waals surface area contributed by atoms with Crippen molar-refractivity contribution < 1.29 is 4.79 Å². The van der Waals surface area contributed by atoms with Gasteiger partial charge in [-0.05, 0) is 23.6 Å². The average molecular weight is 344 g/mol. The van der Waals surface area contributed by atoms with Crippen LogP contribution in [0.15, 0.2) is 91.0 Å². The number of hydrogen-bond acceptors (Lipinski definition) is 2. The maximum atomic E-state index is 12.5. The van der Waals surface area contributed by atoms with Crippen LogP contribution in [0.2, 0.25) is 0 Å². The first kappa shape index (κ1) is 17.9. The Labute approximate surface area is 155 Å². The van der Waals surface area contributed by atoms with E-state index in [0.717, 1.165) is 16.7 Å². The fourth-order valence-corrected chi connectivity index (χ4v) is 2.94. The molecule has 0 spiro atoms. The third kappa shape index (κ3) is 4.80. The second-order valence-corrected chi connectivity index (χ2v) is 6.35. The number of nitrogens with one attached hydrogen (secondary N) is 2. The quantitative estimate of drug-likeness (QED) is 0.678. The number of carbonyl (C=O) groups excluding carboxylic acids is 1. The maximum absolute atomic E-state index is 12.5. The molecular weight excluding hydrogens is 320 g/mol. The van der Waals surface area contributed by atoms with Gasteiger partial charge in [0, 0.05) is 6.54 Å². The highest BCUT2D eigenvalue weighted by atomic mass is 16.2. The summed E-state index contributed by atoms with van der Waals surface area (Å²) in [6.07, 6.45) is 0. The smallest absolute Gasteiger partial charge is 0.237 e. The lowest BCUT2D eigenvalue weighted by molar-refractivity contribution is -0.123. The van der Waals surface area contributed by atoms with Gasteiger partial charge >= 0.3 is 0 Å². The predicted octanol–water partition coefficient (Wildman–Crippen LogP) is 4.07. The van der Waals surface area contributed by atoms with Crippen LogP contribution in [0.5, 0.6) is 0 Å². The van der Waals surface area contributed by atoms with Gasteiger partial charge < -0.3 is 5.32 Å². The van der Waals surface area contributed by atoms with Gasteiger partial charge in [0.15, 0.2) is 0 Å². The molecule has 3 aromatic carbocycles. The fourth-order valence-electron chi connectivity index (χ4n) is 2.94. The summed E-state index contributed by atoms with van der Waals surface area (Å²) in [5.41, 5.74) is 3.37. The van der Waals surface area contributed by atoms with E-state index in [0.29, 0.717) is 6.54 Å². The van der Waals surface area contributed by atoms with Gasteiger partial charge in [0.25, 0.3) is 0 Å². The predicted molar refractivity (Wildman–Crippen MR) is 106 cm³/mol. The normalized spacial score (nSPS) is 11.9. The van der Waals surface area contributed by atoms with E-state index in [2.05, 4.69) is 34.9 Å². The monoisotopic (exact) mass is 344 g/mol. The zero-order valence-electron chi connectivity index (χ0n) is 14.9. The third-order valence-electron chi connectivity index (χ3n) is 4.39. The Balaban J connectivity index is 1.69. The minimum atomic E-state index is -0.316. The fraction of sp³-hybridized carbons (Fsp3) is 0.174.